The lowest BCUT2D eigenvalue weighted by Crippen LogP contribution is -2.28. The predicted octanol–water partition coefficient (Wildman–Crippen LogP) is 5.19. The summed E-state index contributed by atoms with van der Waals surface area (Å²) < 4.78 is 2.17. The standard InChI is InChI=1S/C24H24N2O2S/c1-15-11-18-20(13-24(2,3)14-21(18)27)26(15)19-10-9-16(23(25)28)12-22(19)29-17-7-5-4-6-8-17/h4-12H,13-14H2,1-3H3,(H2,25,28). The largest absolute Gasteiger partial charge is 0.366 e. The first-order chi connectivity index (χ1) is 13.7. The normalized spacial score (nSPS) is 15.2. The summed E-state index contributed by atoms with van der Waals surface area (Å²) in [6, 6.07) is 17.6. The number of hydrogen-bond donors (Lipinski definition) is 1. The summed E-state index contributed by atoms with van der Waals surface area (Å²) in [5.41, 5.74) is 9.78. The van der Waals surface area contributed by atoms with Gasteiger partial charge in [0.2, 0.25) is 5.91 Å². The SMILES string of the molecule is Cc1cc2c(n1-c1ccc(C(N)=O)cc1Sc1ccccc1)CC(C)(C)CC2=O. The molecule has 29 heavy (non-hydrogen) atoms. The van der Waals surface area contributed by atoms with Crippen LogP contribution in [0, 0.1) is 12.3 Å². The molecule has 0 spiro atoms. The smallest absolute Gasteiger partial charge is 0.248 e. The molecule has 4 rings (SSSR count). The number of carbonyl (C=O) groups excluding carboxylic acids is 2. The number of fused-ring (bicyclic) bond motifs is 1. The number of amides is 1. The van der Waals surface area contributed by atoms with Crippen LogP contribution in [0.2, 0.25) is 0 Å². The monoisotopic (exact) mass is 404 g/mol. The molecule has 0 radical (unpaired) electrons. The van der Waals surface area contributed by atoms with Gasteiger partial charge in [0.1, 0.15) is 0 Å². The fourth-order valence-corrected chi connectivity index (χ4v) is 5.03. The van der Waals surface area contributed by atoms with Crippen molar-refractivity contribution in [1.82, 2.24) is 4.57 Å². The molecular formula is C24H24N2O2S. The van der Waals surface area contributed by atoms with Crippen molar-refractivity contribution in [1.29, 1.82) is 0 Å². The minimum Gasteiger partial charge on any atom is -0.366 e. The first-order valence-electron chi connectivity index (χ1n) is 9.67. The highest BCUT2D eigenvalue weighted by Gasteiger charge is 2.34. The van der Waals surface area contributed by atoms with Gasteiger partial charge in [0.25, 0.3) is 0 Å². The van der Waals surface area contributed by atoms with Crippen LogP contribution in [0.15, 0.2) is 64.4 Å². The summed E-state index contributed by atoms with van der Waals surface area (Å²) in [5.74, 6) is -0.252. The first-order valence-corrected chi connectivity index (χ1v) is 10.5. The Balaban J connectivity index is 1.90. The second-order valence-electron chi connectivity index (χ2n) is 8.38. The number of aryl methyl sites for hydroxylation is 1. The van der Waals surface area contributed by atoms with Gasteiger partial charge in [0.05, 0.1) is 5.69 Å². The maximum Gasteiger partial charge on any atom is 0.248 e. The molecule has 1 heterocycles. The lowest BCUT2D eigenvalue weighted by atomic mass is 9.76. The lowest BCUT2D eigenvalue weighted by molar-refractivity contribution is 0.0910. The number of aromatic nitrogens is 1. The van der Waals surface area contributed by atoms with Crippen LogP contribution in [0.5, 0.6) is 0 Å². The van der Waals surface area contributed by atoms with E-state index < -0.39 is 5.91 Å². The van der Waals surface area contributed by atoms with Crippen molar-refractivity contribution in [3.05, 3.63) is 77.1 Å². The zero-order chi connectivity index (χ0) is 20.8. The minimum atomic E-state index is -0.450. The molecule has 2 aromatic carbocycles. The van der Waals surface area contributed by atoms with Crippen LogP contribution in [0.4, 0.5) is 0 Å². The molecule has 1 aliphatic rings. The quantitative estimate of drug-likeness (QED) is 0.651. The van der Waals surface area contributed by atoms with Crippen molar-refractivity contribution in [2.24, 2.45) is 11.1 Å². The molecule has 0 aliphatic heterocycles. The molecule has 148 valence electrons. The highest BCUT2D eigenvalue weighted by molar-refractivity contribution is 7.99. The number of primary amides is 1. The molecule has 0 saturated heterocycles. The average Bonchev–Trinajstić information content (AvgIpc) is 2.97. The van der Waals surface area contributed by atoms with Crippen molar-refractivity contribution < 1.29 is 9.59 Å². The van der Waals surface area contributed by atoms with E-state index in [2.05, 4.69) is 18.4 Å². The van der Waals surface area contributed by atoms with Gasteiger partial charge in [-0.05, 0) is 55.2 Å². The van der Waals surface area contributed by atoms with Gasteiger partial charge in [-0.15, -0.1) is 0 Å². The van der Waals surface area contributed by atoms with Crippen LogP contribution in [-0.2, 0) is 6.42 Å². The molecule has 0 saturated carbocycles. The number of ketones is 1. The van der Waals surface area contributed by atoms with E-state index in [9.17, 15) is 9.59 Å². The van der Waals surface area contributed by atoms with E-state index in [1.54, 1.807) is 17.8 Å². The van der Waals surface area contributed by atoms with E-state index in [1.165, 1.54) is 0 Å². The third-order valence-corrected chi connectivity index (χ3v) is 6.38. The average molecular weight is 405 g/mol. The van der Waals surface area contributed by atoms with E-state index in [0.29, 0.717) is 12.0 Å². The van der Waals surface area contributed by atoms with Gasteiger partial charge in [-0.2, -0.15) is 0 Å². The van der Waals surface area contributed by atoms with Crippen molar-refractivity contribution in [2.75, 3.05) is 0 Å². The number of rotatable bonds is 4. The van der Waals surface area contributed by atoms with Crippen LogP contribution in [0.25, 0.3) is 5.69 Å². The van der Waals surface area contributed by atoms with E-state index in [0.717, 1.165) is 38.9 Å². The van der Waals surface area contributed by atoms with Gasteiger partial charge in [-0.1, -0.05) is 43.8 Å². The molecule has 0 unspecified atom stereocenters. The molecule has 0 bridgehead atoms. The van der Waals surface area contributed by atoms with Gasteiger partial charge in [0.15, 0.2) is 5.78 Å². The Morgan fingerprint density at radius 2 is 1.79 bits per heavy atom. The summed E-state index contributed by atoms with van der Waals surface area (Å²) >= 11 is 1.59. The highest BCUT2D eigenvalue weighted by Crippen LogP contribution is 2.40. The van der Waals surface area contributed by atoms with Crippen LogP contribution < -0.4 is 5.73 Å². The van der Waals surface area contributed by atoms with Crippen molar-refractivity contribution in [2.45, 2.75) is 43.4 Å². The maximum atomic E-state index is 12.7. The third-order valence-electron chi connectivity index (χ3n) is 5.33. The number of carbonyl (C=O) groups is 2. The fraction of sp³-hybridized carbons (Fsp3) is 0.250. The second kappa shape index (κ2) is 7.23. The minimum absolute atomic E-state index is 0.0769. The molecule has 1 aliphatic carbocycles. The van der Waals surface area contributed by atoms with Gasteiger partial charge in [-0.25, -0.2) is 0 Å². The Bertz CT molecular complexity index is 1110. The molecule has 3 aromatic rings. The van der Waals surface area contributed by atoms with E-state index in [4.69, 9.17) is 5.73 Å². The number of nitrogens with zero attached hydrogens (tertiary/aromatic N) is 1. The second-order valence-corrected chi connectivity index (χ2v) is 9.50. The number of nitrogens with two attached hydrogens (primary N) is 1. The van der Waals surface area contributed by atoms with Crippen molar-refractivity contribution in [3.8, 4) is 5.69 Å². The molecule has 1 aromatic heterocycles. The summed E-state index contributed by atoms with van der Waals surface area (Å²) in [6.45, 7) is 6.30. The highest BCUT2D eigenvalue weighted by atomic mass is 32.2. The first kappa shape index (κ1) is 19.5. The van der Waals surface area contributed by atoms with Gasteiger partial charge < -0.3 is 10.3 Å². The third kappa shape index (κ3) is 3.75. The molecule has 5 heteroatoms. The Morgan fingerprint density at radius 1 is 1.07 bits per heavy atom. The van der Waals surface area contributed by atoms with Gasteiger partial charge in [-0.3, -0.25) is 9.59 Å². The van der Waals surface area contributed by atoms with Crippen molar-refractivity contribution in [3.63, 3.8) is 0 Å². The van der Waals surface area contributed by atoms with E-state index >= 15 is 0 Å². The number of benzene rings is 2. The summed E-state index contributed by atoms with van der Waals surface area (Å²) in [6.07, 6.45) is 1.39. The zero-order valence-corrected chi connectivity index (χ0v) is 17.7. The van der Waals surface area contributed by atoms with Crippen molar-refractivity contribution >= 4 is 23.5 Å². The Morgan fingerprint density at radius 3 is 2.48 bits per heavy atom. The van der Waals surface area contributed by atoms with Gasteiger partial charge >= 0.3 is 0 Å². The van der Waals surface area contributed by atoms with E-state index in [1.807, 2.05) is 55.5 Å². The number of Topliss-reactive ketones (excluding diaryl/α,β-unsaturated/α-hetero) is 1. The topological polar surface area (TPSA) is 65.1 Å². The Kier molecular flexibility index (Phi) is 4.87. The molecule has 2 N–H and O–H groups in total. The Labute approximate surface area is 175 Å². The lowest BCUT2D eigenvalue weighted by Gasteiger charge is -2.30. The predicted molar refractivity (Wildman–Crippen MR) is 116 cm³/mol. The van der Waals surface area contributed by atoms with Crippen LogP contribution >= 0.6 is 11.8 Å². The molecular weight excluding hydrogens is 380 g/mol. The molecule has 4 nitrogen and oxygen atoms in total. The summed E-state index contributed by atoms with van der Waals surface area (Å²) in [7, 11) is 0. The molecule has 1 amide bonds. The van der Waals surface area contributed by atoms with Crippen LogP contribution in [0.1, 0.15) is 52.4 Å². The molecule has 0 atom stereocenters. The van der Waals surface area contributed by atoms with E-state index in [-0.39, 0.29) is 11.2 Å². The Hall–Kier alpha value is -2.79. The van der Waals surface area contributed by atoms with Crippen LogP contribution in [0.3, 0.4) is 0 Å². The fourth-order valence-electron chi connectivity index (χ4n) is 4.04. The summed E-state index contributed by atoms with van der Waals surface area (Å²) in [5, 5.41) is 0. The zero-order valence-electron chi connectivity index (χ0n) is 16.9. The van der Waals surface area contributed by atoms with Gasteiger partial charge in [0, 0.05) is 38.7 Å². The summed E-state index contributed by atoms with van der Waals surface area (Å²) in [4.78, 5) is 26.5. The van der Waals surface area contributed by atoms with Crippen LogP contribution in [-0.4, -0.2) is 16.3 Å². The molecule has 0 fully saturated rings. The maximum absolute atomic E-state index is 12.7. The number of hydrogen-bond acceptors (Lipinski definition) is 3.